The largest absolute Gasteiger partial charge is 0.326 e. The molecular formula is C9H16N3S+. The molecule has 1 unspecified atom stereocenters. The fraction of sp³-hybridized carbons (Fsp3) is 0.667. The molecule has 0 bridgehead atoms. The Labute approximate surface area is 82.8 Å². The van der Waals surface area contributed by atoms with Crippen molar-refractivity contribution in [1.29, 1.82) is 0 Å². The van der Waals surface area contributed by atoms with Gasteiger partial charge in [-0.2, -0.15) is 0 Å². The van der Waals surface area contributed by atoms with Gasteiger partial charge in [0.1, 0.15) is 11.7 Å². The van der Waals surface area contributed by atoms with Crippen molar-refractivity contribution in [2.45, 2.75) is 13.0 Å². The number of nitrogens with one attached hydrogen (secondary N) is 2. The average Bonchev–Trinajstić information content (AvgIpc) is 2.71. The summed E-state index contributed by atoms with van der Waals surface area (Å²) < 4.78 is 0. The van der Waals surface area contributed by atoms with Crippen LogP contribution in [0, 0.1) is 0 Å². The Balaban J connectivity index is 1.99. The van der Waals surface area contributed by atoms with Gasteiger partial charge in [0.2, 0.25) is 0 Å². The van der Waals surface area contributed by atoms with Gasteiger partial charge in [-0.05, 0) is 6.92 Å². The number of hydrogen-bond donors (Lipinski definition) is 2. The summed E-state index contributed by atoms with van der Waals surface area (Å²) in [6, 6.07) is 0.563. The van der Waals surface area contributed by atoms with Gasteiger partial charge < -0.3 is 10.2 Å². The molecule has 2 N–H and O–H groups in total. The summed E-state index contributed by atoms with van der Waals surface area (Å²) in [6.45, 7) is 7.00. The van der Waals surface area contributed by atoms with Gasteiger partial charge in [-0.1, -0.05) is 0 Å². The van der Waals surface area contributed by atoms with Gasteiger partial charge in [0.25, 0.3) is 0 Å². The zero-order valence-corrected chi connectivity index (χ0v) is 8.73. The topological polar surface area (TPSA) is 29.4 Å². The van der Waals surface area contributed by atoms with Crippen LogP contribution in [0.1, 0.15) is 18.7 Å². The molecule has 0 spiro atoms. The lowest BCUT2D eigenvalue weighted by molar-refractivity contribution is -0.931. The first-order chi connectivity index (χ1) is 6.38. The van der Waals surface area contributed by atoms with Crippen LogP contribution in [-0.4, -0.2) is 31.2 Å². The van der Waals surface area contributed by atoms with Crippen molar-refractivity contribution in [1.82, 2.24) is 10.3 Å². The highest BCUT2D eigenvalue weighted by Crippen LogP contribution is 2.08. The third-order valence-corrected chi connectivity index (χ3v) is 3.36. The molecule has 0 saturated carbocycles. The van der Waals surface area contributed by atoms with Gasteiger partial charge in [0, 0.05) is 18.5 Å². The predicted molar refractivity (Wildman–Crippen MR) is 54.1 cm³/mol. The zero-order chi connectivity index (χ0) is 9.10. The molecular weight excluding hydrogens is 182 g/mol. The number of piperazine rings is 1. The first kappa shape index (κ1) is 9.12. The molecule has 1 aromatic rings. The highest BCUT2D eigenvalue weighted by molar-refractivity contribution is 7.07. The Hall–Kier alpha value is -0.450. The number of thiazole rings is 1. The second-order valence-corrected chi connectivity index (χ2v) is 4.26. The SMILES string of the molecule is CC(c1cscn1)[NH+]1CCNCC1. The number of nitrogens with zero attached hydrogens (tertiary/aromatic N) is 1. The second-order valence-electron chi connectivity index (χ2n) is 3.54. The Morgan fingerprint density at radius 2 is 2.31 bits per heavy atom. The van der Waals surface area contributed by atoms with E-state index in [1.165, 1.54) is 18.8 Å². The van der Waals surface area contributed by atoms with E-state index in [1.807, 2.05) is 5.51 Å². The van der Waals surface area contributed by atoms with Crippen molar-refractivity contribution in [3.05, 3.63) is 16.6 Å². The van der Waals surface area contributed by atoms with Crippen molar-refractivity contribution in [3.8, 4) is 0 Å². The first-order valence-electron chi connectivity index (χ1n) is 4.81. The summed E-state index contributed by atoms with van der Waals surface area (Å²) >= 11 is 1.69. The molecule has 1 fully saturated rings. The summed E-state index contributed by atoms with van der Waals surface area (Å²) in [5, 5.41) is 5.54. The van der Waals surface area contributed by atoms with Crippen LogP contribution in [-0.2, 0) is 0 Å². The fourth-order valence-electron chi connectivity index (χ4n) is 1.83. The van der Waals surface area contributed by atoms with Gasteiger partial charge in [0.15, 0.2) is 0 Å². The summed E-state index contributed by atoms with van der Waals surface area (Å²) in [6.07, 6.45) is 0. The molecule has 0 amide bonds. The van der Waals surface area contributed by atoms with E-state index in [1.54, 1.807) is 16.2 Å². The van der Waals surface area contributed by atoms with Crippen LogP contribution in [0.4, 0.5) is 0 Å². The summed E-state index contributed by atoms with van der Waals surface area (Å²) in [7, 11) is 0. The minimum Gasteiger partial charge on any atom is -0.326 e. The van der Waals surface area contributed by atoms with Gasteiger partial charge in [-0.3, -0.25) is 0 Å². The van der Waals surface area contributed by atoms with Crippen molar-refractivity contribution < 1.29 is 4.90 Å². The lowest BCUT2D eigenvalue weighted by Crippen LogP contribution is -3.14. The lowest BCUT2D eigenvalue weighted by atomic mass is 10.2. The van der Waals surface area contributed by atoms with Crippen LogP contribution in [0.15, 0.2) is 10.9 Å². The van der Waals surface area contributed by atoms with Crippen LogP contribution in [0.25, 0.3) is 0 Å². The predicted octanol–water partition coefficient (Wildman–Crippen LogP) is -0.308. The number of hydrogen-bond acceptors (Lipinski definition) is 3. The Morgan fingerprint density at radius 1 is 1.54 bits per heavy atom. The van der Waals surface area contributed by atoms with Crippen molar-refractivity contribution in [2.24, 2.45) is 0 Å². The minimum atomic E-state index is 0.563. The smallest absolute Gasteiger partial charge is 0.128 e. The molecule has 0 aromatic carbocycles. The number of aromatic nitrogens is 1. The molecule has 4 heteroatoms. The lowest BCUT2D eigenvalue weighted by Gasteiger charge is -2.28. The Bertz CT molecular complexity index is 241. The van der Waals surface area contributed by atoms with E-state index in [2.05, 4.69) is 22.6 Å². The van der Waals surface area contributed by atoms with Crippen molar-refractivity contribution in [2.75, 3.05) is 26.2 Å². The molecule has 2 rings (SSSR count). The first-order valence-corrected chi connectivity index (χ1v) is 5.75. The molecule has 0 radical (unpaired) electrons. The molecule has 1 aromatic heterocycles. The highest BCUT2D eigenvalue weighted by Gasteiger charge is 2.22. The van der Waals surface area contributed by atoms with Crippen molar-refractivity contribution in [3.63, 3.8) is 0 Å². The molecule has 1 aliphatic heterocycles. The van der Waals surface area contributed by atoms with Crippen LogP contribution in [0.3, 0.4) is 0 Å². The minimum absolute atomic E-state index is 0.563. The second kappa shape index (κ2) is 4.17. The third-order valence-electron chi connectivity index (χ3n) is 2.75. The normalized spacial score (nSPS) is 21.6. The molecule has 1 aliphatic rings. The summed E-state index contributed by atoms with van der Waals surface area (Å²) in [5.74, 6) is 0. The molecule has 1 atom stereocenters. The molecule has 2 heterocycles. The van der Waals surface area contributed by atoms with E-state index in [4.69, 9.17) is 0 Å². The zero-order valence-electron chi connectivity index (χ0n) is 7.92. The summed E-state index contributed by atoms with van der Waals surface area (Å²) in [5.41, 5.74) is 3.18. The van der Waals surface area contributed by atoms with Gasteiger partial charge in [0.05, 0.1) is 18.6 Å². The molecule has 3 nitrogen and oxygen atoms in total. The Morgan fingerprint density at radius 3 is 2.92 bits per heavy atom. The van der Waals surface area contributed by atoms with E-state index in [9.17, 15) is 0 Å². The molecule has 72 valence electrons. The quantitative estimate of drug-likeness (QED) is 0.683. The summed E-state index contributed by atoms with van der Waals surface area (Å²) in [4.78, 5) is 6.03. The maximum Gasteiger partial charge on any atom is 0.128 e. The average molecular weight is 198 g/mol. The van der Waals surface area contributed by atoms with Gasteiger partial charge >= 0.3 is 0 Å². The maximum atomic E-state index is 4.37. The third kappa shape index (κ3) is 2.07. The van der Waals surface area contributed by atoms with E-state index in [-0.39, 0.29) is 0 Å². The van der Waals surface area contributed by atoms with E-state index >= 15 is 0 Å². The van der Waals surface area contributed by atoms with E-state index < -0.39 is 0 Å². The van der Waals surface area contributed by atoms with E-state index in [0.717, 1.165) is 13.1 Å². The maximum absolute atomic E-state index is 4.37. The number of quaternary nitrogens is 1. The van der Waals surface area contributed by atoms with Crippen LogP contribution in [0.5, 0.6) is 0 Å². The standard InChI is InChI=1S/C9H15N3S/c1-8(9-6-13-7-11-9)12-4-2-10-3-5-12/h6-8,10H,2-5H2,1H3/p+1. The van der Waals surface area contributed by atoms with E-state index in [0.29, 0.717) is 6.04 Å². The van der Waals surface area contributed by atoms with Crippen LogP contribution in [0.2, 0.25) is 0 Å². The highest BCUT2D eigenvalue weighted by atomic mass is 32.1. The molecule has 0 aliphatic carbocycles. The van der Waals surface area contributed by atoms with Crippen molar-refractivity contribution >= 4 is 11.3 Å². The number of rotatable bonds is 2. The van der Waals surface area contributed by atoms with Crippen LogP contribution >= 0.6 is 11.3 Å². The monoisotopic (exact) mass is 198 g/mol. The fourth-order valence-corrected chi connectivity index (χ4v) is 2.47. The molecule has 13 heavy (non-hydrogen) atoms. The Kier molecular flexibility index (Phi) is 2.93. The van der Waals surface area contributed by atoms with Gasteiger partial charge in [-0.25, -0.2) is 4.98 Å². The van der Waals surface area contributed by atoms with Gasteiger partial charge in [-0.15, -0.1) is 11.3 Å². The van der Waals surface area contributed by atoms with Crippen LogP contribution < -0.4 is 10.2 Å². The molecule has 1 saturated heterocycles.